The second-order valence-electron chi connectivity index (χ2n) is 8.15. The van der Waals surface area contributed by atoms with Crippen molar-refractivity contribution in [1.29, 1.82) is 0 Å². The quantitative estimate of drug-likeness (QED) is 0.445. The number of hydrogen-bond acceptors (Lipinski definition) is 6. The largest absolute Gasteiger partial charge is 0.384 e. The number of pyridine rings is 1. The molecule has 0 radical (unpaired) electrons. The summed E-state index contributed by atoms with van der Waals surface area (Å²) in [5, 5.41) is 16.2. The van der Waals surface area contributed by atoms with Gasteiger partial charge < -0.3 is 15.8 Å². The molecule has 4 N–H and O–H groups in total. The smallest absolute Gasteiger partial charge is 0.220 e. The maximum atomic E-state index is 10.8. The van der Waals surface area contributed by atoms with E-state index in [1.807, 2.05) is 36.4 Å². The molecule has 4 aromatic heterocycles. The van der Waals surface area contributed by atoms with E-state index in [9.17, 15) is 5.11 Å². The predicted octanol–water partition coefficient (Wildman–Crippen LogP) is 4.05. The van der Waals surface area contributed by atoms with E-state index < -0.39 is 5.60 Å². The lowest BCUT2D eigenvalue weighted by Crippen LogP contribution is -2.23. The minimum Gasteiger partial charge on any atom is -0.384 e. The number of fused-ring (bicyclic) bond motifs is 1. The first-order chi connectivity index (χ1) is 14.3. The van der Waals surface area contributed by atoms with Crippen LogP contribution in [0.15, 0.2) is 36.9 Å². The SMILES string of the molecule is CCCC(C)(O)c1cc(-c2c[nH]c3ncc(-c4cnn(C(C)C)c4)cc23)nc(N)n1. The summed E-state index contributed by atoms with van der Waals surface area (Å²) in [4.78, 5) is 16.5. The summed E-state index contributed by atoms with van der Waals surface area (Å²) in [6.07, 6.45) is 8.97. The molecular weight excluding hydrogens is 378 g/mol. The number of nitrogens with two attached hydrogens (primary N) is 1. The van der Waals surface area contributed by atoms with Crippen LogP contribution in [0.1, 0.15) is 52.3 Å². The number of anilines is 1. The Morgan fingerprint density at radius 1 is 1.20 bits per heavy atom. The summed E-state index contributed by atoms with van der Waals surface area (Å²) in [6, 6.07) is 4.16. The van der Waals surface area contributed by atoms with Gasteiger partial charge in [0.1, 0.15) is 11.2 Å². The Kier molecular flexibility index (Phi) is 5.03. The van der Waals surface area contributed by atoms with Crippen LogP contribution in [-0.4, -0.2) is 34.8 Å². The summed E-state index contributed by atoms with van der Waals surface area (Å²) in [5.74, 6) is 0.135. The highest BCUT2D eigenvalue weighted by atomic mass is 16.3. The van der Waals surface area contributed by atoms with Crippen LogP contribution in [0.25, 0.3) is 33.4 Å². The number of hydrogen-bond donors (Lipinski definition) is 3. The van der Waals surface area contributed by atoms with Crippen molar-refractivity contribution in [1.82, 2.24) is 29.7 Å². The van der Waals surface area contributed by atoms with Crippen molar-refractivity contribution in [2.45, 2.75) is 52.2 Å². The van der Waals surface area contributed by atoms with Crippen molar-refractivity contribution < 1.29 is 5.11 Å². The number of nitrogens with one attached hydrogen (secondary N) is 1. The highest BCUT2D eigenvalue weighted by Gasteiger charge is 2.25. The number of aromatic nitrogens is 6. The van der Waals surface area contributed by atoms with Crippen molar-refractivity contribution >= 4 is 17.0 Å². The predicted molar refractivity (Wildman–Crippen MR) is 118 cm³/mol. The summed E-state index contributed by atoms with van der Waals surface area (Å²) >= 11 is 0. The van der Waals surface area contributed by atoms with Gasteiger partial charge in [-0.25, -0.2) is 15.0 Å². The van der Waals surface area contributed by atoms with E-state index in [-0.39, 0.29) is 12.0 Å². The Morgan fingerprint density at radius 3 is 2.70 bits per heavy atom. The zero-order valence-electron chi connectivity index (χ0n) is 17.7. The van der Waals surface area contributed by atoms with Gasteiger partial charge in [0.15, 0.2) is 0 Å². The van der Waals surface area contributed by atoms with Crippen molar-refractivity contribution in [2.24, 2.45) is 0 Å². The molecule has 0 amide bonds. The zero-order chi connectivity index (χ0) is 21.5. The highest BCUT2D eigenvalue weighted by Crippen LogP contribution is 2.33. The third kappa shape index (κ3) is 3.66. The molecule has 0 spiro atoms. The Balaban J connectivity index is 1.81. The molecule has 8 heteroatoms. The molecule has 4 rings (SSSR count). The second-order valence-corrected chi connectivity index (χ2v) is 8.15. The van der Waals surface area contributed by atoms with E-state index in [0.29, 0.717) is 17.8 Å². The molecule has 0 aliphatic heterocycles. The van der Waals surface area contributed by atoms with Crippen LogP contribution < -0.4 is 5.73 Å². The van der Waals surface area contributed by atoms with Crippen LogP contribution in [0.5, 0.6) is 0 Å². The van der Waals surface area contributed by atoms with E-state index in [1.54, 1.807) is 13.0 Å². The van der Waals surface area contributed by atoms with Crippen LogP contribution in [0.2, 0.25) is 0 Å². The number of nitrogens with zero attached hydrogens (tertiary/aromatic N) is 5. The average Bonchev–Trinajstić information content (AvgIpc) is 3.34. The molecule has 0 saturated carbocycles. The van der Waals surface area contributed by atoms with Gasteiger partial charge in [0.25, 0.3) is 0 Å². The van der Waals surface area contributed by atoms with Gasteiger partial charge in [0.05, 0.1) is 17.6 Å². The lowest BCUT2D eigenvalue weighted by atomic mass is 9.95. The second kappa shape index (κ2) is 7.53. The fourth-order valence-electron chi connectivity index (χ4n) is 3.64. The fraction of sp³-hybridized carbons (Fsp3) is 0.364. The first-order valence-corrected chi connectivity index (χ1v) is 10.2. The summed E-state index contributed by atoms with van der Waals surface area (Å²) in [7, 11) is 0. The molecule has 30 heavy (non-hydrogen) atoms. The van der Waals surface area contributed by atoms with Crippen LogP contribution in [-0.2, 0) is 5.60 Å². The number of rotatable bonds is 6. The standard InChI is InChI=1S/C22H27N7O/c1-5-6-22(4,30)19-8-18(27-21(23)28-19)17-11-25-20-16(17)7-14(9-24-20)15-10-26-29(12-15)13(2)3/h7-13,30H,5-6H2,1-4H3,(H,24,25)(H2,23,27,28). The van der Waals surface area contributed by atoms with Gasteiger partial charge in [-0.3, -0.25) is 4.68 Å². The Hall–Kier alpha value is -3.26. The molecule has 4 aromatic rings. The summed E-state index contributed by atoms with van der Waals surface area (Å²) < 4.78 is 1.92. The first-order valence-electron chi connectivity index (χ1n) is 10.2. The molecule has 0 aromatic carbocycles. The highest BCUT2D eigenvalue weighted by molar-refractivity contribution is 5.95. The molecule has 0 fully saturated rings. The van der Waals surface area contributed by atoms with Gasteiger partial charge in [-0.2, -0.15) is 5.10 Å². The number of aliphatic hydroxyl groups is 1. The zero-order valence-corrected chi connectivity index (χ0v) is 17.7. The number of nitrogen functional groups attached to an aromatic ring is 1. The lowest BCUT2D eigenvalue weighted by molar-refractivity contribution is 0.0425. The molecule has 8 nitrogen and oxygen atoms in total. The van der Waals surface area contributed by atoms with E-state index >= 15 is 0 Å². The molecular formula is C22H27N7O. The molecule has 1 unspecified atom stereocenters. The maximum absolute atomic E-state index is 10.8. The van der Waals surface area contributed by atoms with Gasteiger partial charge in [-0.15, -0.1) is 0 Å². The summed E-state index contributed by atoms with van der Waals surface area (Å²) in [6.45, 7) is 7.96. The minimum atomic E-state index is -1.07. The average molecular weight is 406 g/mol. The van der Waals surface area contributed by atoms with Crippen molar-refractivity contribution in [3.8, 4) is 22.4 Å². The Labute approximate surface area is 175 Å². The third-order valence-corrected chi connectivity index (χ3v) is 5.30. The molecule has 0 aliphatic rings. The van der Waals surface area contributed by atoms with E-state index in [1.165, 1.54) is 0 Å². The molecule has 0 aliphatic carbocycles. The third-order valence-electron chi connectivity index (χ3n) is 5.30. The summed E-state index contributed by atoms with van der Waals surface area (Å²) in [5.41, 5.74) is 9.66. The number of H-pyrrole nitrogens is 1. The maximum Gasteiger partial charge on any atom is 0.220 e. The van der Waals surface area contributed by atoms with Gasteiger partial charge in [-0.1, -0.05) is 13.3 Å². The minimum absolute atomic E-state index is 0.135. The van der Waals surface area contributed by atoms with E-state index in [4.69, 9.17) is 5.73 Å². The van der Waals surface area contributed by atoms with Gasteiger partial charge in [0.2, 0.25) is 5.95 Å². The topological polar surface area (TPSA) is 119 Å². The normalized spacial score (nSPS) is 13.8. The van der Waals surface area contributed by atoms with E-state index in [2.05, 4.69) is 44.9 Å². The monoisotopic (exact) mass is 405 g/mol. The molecule has 0 bridgehead atoms. The number of aromatic amines is 1. The molecule has 4 heterocycles. The first kappa shape index (κ1) is 20.0. The van der Waals surface area contributed by atoms with Crippen LogP contribution in [0.3, 0.4) is 0 Å². The van der Waals surface area contributed by atoms with Crippen molar-refractivity contribution in [3.63, 3.8) is 0 Å². The molecule has 0 saturated heterocycles. The van der Waals surface area contributed by atoms with Crippen LogP contribution >= 0.6 is 0 Å². The van der Waals surface area contributed by atoms with Gasteiger partial charge >= 0.3 is 0 Å². The Morgan fingerprint density at radius 2 is 2.00 bits per heavy atom. The van der Waals surface area contributed by atoms with Crippen molar-refractivity contribution in [2.75, 3.05) is 5.73 Å². The molecule has 156 valence electrons. The fourth-order valence-corrected chi connectivity index (χ4v) is 3.64. The van der Waals surface area contributed by atoms with E-state index in [0.717, 1.165) is 34.1 Å². The molecule has 1 atom stereocenters. The van der Waals surface area contributed by atoms with Gasteiger partial charge in [0, 0.05) is 46.7 Å². The van der Waals surface area contributed by atoms with Crippen LogP contribution in [0, 0.1) is 0 Å². The lowest BCUT2D eigenvalue weighted by Gasteiger charge is -2.22. The van der Waals surface area contributed by atoms with Crippen molar-refractivity contribution in [3.05, 3.63) is 42.6 Å². The van der Waals surface area contributed by atoms with Crippen LogP contribution in [0.4, 0.5) is 5.95 Å². The Bertz CT molecular complexity index is 1190. The van der Waals surface area contributed by atoms with Gasteiger partial charge in [-0.05, 0) is 39.3 Å².